The van der Waals surface area contributed by atoms with Crippen molar-refractivity contribution in [1.82, 2.24) is 5.32 Å². The largest absolute Gasteiger partial charge is 0.469 e. The maximum Gasteiger partial charge on any atom is 0.308 e. The number of hydrogen-bond acceptors (Lipinski definition) is 5. The number of carbonyl (C=O) groups excluding carboxylic acids is 1. The lowest BCUT2D eigenvalue weighted by molar-refractivity contribution is -0.146. The average Bonchev–Trinajstić information content (AvgIpc) is 2.35. The van der Waals surface area contributed by atoms with Gasteiger partial charge in [-0.1, -0.05) is 0 Å². The monoisotopic (exact) mass is 225 g/mol. The molecule has 0 aromatic rings. The van der Waals surface area contributed by atoms with E-state index in [1.54, 1.807) is 6.20 Å². The molecular formula is C11H19N3O2. The highest BCUT2D eigenvalue weighted by molar-refractivity contribution is 5.74. The summed E-state index contributed by atoms with van der Waals surface area (Å²) in [5.41, 5.74) is 5.88. The van der Waals surface area contributed by atoms with Gasteiger partial charge in [-0.25, -0.2) is 0 Å². The van der Waals surface area contributed by atoms with Gasteiger partial charge < -0.3 is 21.2 Å². The van der Waals surface area contributed by atoms with Gasteiger partial charge in [0.05, 0.1) is 18.7 Å². The Hall–Kier alpha value is -1.52. The van der Waals surface area contributed by atoms with Crippen molar-refractivity contribution in [3.8, 4) is 0 Å². The van der Waals surface area contributed by atoms with E-state index in [4.69, 9.17) is 15.9 Å². The molecule has 1 saturated carbocycles. The molecule has 0 atom stereocenters. The molecule has 1 fully saturated rings. The first-order chi connectivity index (χ1) is 7.67. The second-order valence-corrected chi connectivity index (χ2v) is 4.03. The van der Waals surface area contributed by atoms with Crippen LogP contribution >= 0.6 is 0 Å². The minimum atomic E-state index is -0.104. The SMILES string of the molecule is COC(=O)C1CCC(N/C=C(/N)C=N)CC1. The summed E-state index contributed by atoms with van der Waals surface area (Å²) < 4.78 is 4.72. The molecule has 0 aromatic carbocycles. The van der Waals surface area contributed by atoms with Crippen LogP contribution in [0.1, 0.15) is 25.7 Å². The van der Waals surface area contributed by atoms with Crippen LogP contribution in [0.4, 0.5) is 0 Å². The predicted octanol–water partition coefficient (Wildman–Crippen LogP) is 0.757. The Morgan fingerprint density at radius 2 is 2.06 bits per heavy atom. The number of ether oxygens (including phenoxy) is 1. The highest BCUT2D eigenvalue weighted by atomic mass is 16.5. The van der Waals surface area contributed by atoms with Crippen molar-refractivity contribution in [2.45, 2.75) is 31.7 Å². The standard InChI is InChI=1S/C11H19N3O2/c1-16-11(15)8-2-4-10(5-3-8)14-7-9(13)6-12/h6-8,10,12,14H,2-5,13H2,1H3/b9-7+,12-6?. The van der Waals surface area contributed by atoms with E-state index in [-0.39, 0.29) is 11.9 Å². The molecule has 1 rings (SSSR count). The van der Waals surface area contributed by atoms with E-state index in [9.17, 15) is 4.79 Å². The Balaban J connectivity index is 2.32. The quantitative estimate of drug-likeness (QED) is 0.487. The first kappa shape index (κ1) is 12.5. The second kappa shape index (κ2) is 6.15. The topological polar surface area (TPSA) is 88.2 Å². The molecule has 1 aliphatic rings. The number of esters is 1. The van der Waals surface area contributed by atoms with E-state index in [2.05, 4.69) is 5.32 Å². The Morgan fingerprint density at radius 3 is 2.56 bits per heavy atom. The first-order valence-corrected chi connectivity index (χ1v) is 5.47. The van der Waals surface area contributed by atoms with Gasteiger partial charge in [0.15, 0.2) is 0 Å². The third-order valence-electron chi connectivity index (χ3n) is 2.91. The fraction of sp³-hybridized carbons (Fsp3) is 0.636. The summed E-state index contributed by atoms with van der Waals surface area (Å²) in [7, 11) is 1.43. The Labute approximate surface area is 95.5 Å². The van der Waals surface area contributed by atoms with Crippen LogP contribution in [-0.2, 0) is 9.53 Å². The van der Waals surface area contributed by atoms with Crippen LogP contribution in [0, 0.1) is 11.3 Å². The van der Waals surface area contributed by atoms with Crippen molar-refractivity contribution >= 4 is 12.2 Å². The third-order valence-corrected chi connectivity index (χ3v) is 2.91. The molecule has 0 bridgehead atoms. The number of rotatable bonds is 4. The van der Waals surface area contributed by atoms with E-state index in [1.165, 1.54) is 7.11 Å². The van der Waals surface area contributed by atoms with E-state index >= 15 is 0 Å². The summed E-state index contributed by atoms with van der Waals surface area (Å²) in [6, 6.07) is 0.347. The summed E-state index contributed by atoms with van der Waals surface area (Å²) in [4.78, 5) is 11.3. The lowest BCUT2D eigenvalue weighted by Crippen LogP contribution is -2.33. The predicted molar refractivity (Wildman–Crippen MR) is 62.0 cm³/mol. The molecule has 5 nitrogen and oxygen atoms in total. The third kappa shape index (κ3) is 3.56. The van der Waals surface area contributed by atoms with Gasteiger partial charge in [0.2, 0.25) is 0 Å². The Morgan fingerprint density at radius 1 is 1.44 bits per heavy atom. The zero-order chi connectivity index (χ0) is 12.0. The zero-order valence-corrected chi connectivity index (χ0v) is 9.53. The molecule has 0 aliphatic heterocycles. The van der Waals surface area contributed by atoms with E-state index in [0.717, 1.165) is 31.9 Å². The van der Waals surface area contributed by atoms with Gasteiger partial charge in [0, 0.05) is 18.5 Å². The molecule has 0 heterocycles. The molecular weight excluding hydrogens is 206 g/mol. The lowest BCUT2D eigenvalue weighted by atomic mass is 9.86. The van der Waals surface area contributed by atoms with Crippen LogP contribution in [-0.4, -0.2) is 25.3 Å². The van der Waals surface area contributed by atoms with Gasteiger partial charge in [-0.2, -0.15) is 0 Å². The molecule has 0 saturated heterocycles. The molecule has 5 heteroatoms. The molecule has 90 valence electrons. The smallest absolute Gasteiger partial charge is 0.308 e. The van der Waals surface area contributed by atoms with Crippen LogP contribution in [0.25, 0.3) is 0 Å². The second-order valence-electron chi connectivity index (χ2n) is 4.03. The summed E-state index contributed by atoms with van der Waals surface area (Å²) in [6.07, 6.45) is 6.32. The van der Waals surface area contributed by atoms with Crippen molar-refractivity contribution in [2.75, 3.05) is 7.11 Å². The van der Waals surface area contributed by atoms with Crippen molar-refractivity contribution in [3.05, 3.63) is 11.9 Å². The number of allylic oxidation sites excluding steroid dienone is 1. The summed E-state index contributed by atoms with van der Waals surface area (Å²) in [5.74, 6) is -0.0555. The minimum absolute atomic E-state index is 0.0483. The molecule has 0 radical (unpaired) electrons. The van der Waals surface area contributed by atoms with Gasteiger partial charge in [0.25, 0.3) is 0 Å². The normalized spacial score (nSPS) is 25.9. The van der Waals surface area contributed by atoms with Crippen LogP contribution in [0.3, 0.4) is 0 Å². The van der Waals surface area contributed by atoms with Crippen LogP contribution in [0.5, 0.6) is 0 Å². The number of methoxy groups -OCH3 is 1. The fourth-order valence-corrected chi connectivity index (χ4v) is 1.92. The maximum atomic E-state index is 11.3. The summed E-state index contributed by atoms with van der Waals surface area (Å²) >= 11 is 0. The highest BCUT2D eigenvalue weighted by Crippen LogP contribution is 2.25. The van der Waals surface area contributed by atoms with Crippen molar-refractivity contribution in [1.29, 1.82) is 5.41 Å². The van der Waals surface area contributed by atoms with Crippen molar-refractivity contribution in [3.63, 3.8) is 0 Å². The molecule has 0 aromatic heterocycles. The number of hydrogen-bond donors (Lipinski definition) is 3. The first-order valence-electron chi connectivity index (χ1n) is 5.47. The van der Waals surface area contributed by atoms with Crippen molar-refractivity contribution in [2.24, 2.45) is 11.7 Å². The van der Waals surface area contributed by atoms with E-state index < -0.39 is 0 Å². The Bertz CT molecular complexity index is 281. The molecule has 0 spiro atoms. The van der Waals surface area contributed by atoms with Crippen LogP contribution in [0.2, 0.25) is 0 Å². The lowest BCUT2D eigenvalue weighted by Gasteiger charge is -2.27. The molecule has 0 unspecified atom stereocenters. The minimum Gasteiger partial charge on any atom is -0.469 e. The van der Waals surface area contributed by atoms with E-state index in [1.807, 2.05) is 0 Å². The van der Waals surface area contributed by atoms with E-state index in [0.29, 0.717) is 11.7 Å². The highest BCUT2D eigenvalue weighted by Gasteiger charge is 2.26. The average molecular weight is 225 g/mol. The number of nitrogens with one attached hydrogen (secondary N) is 2. The molecule has 16 heavy (non-hydrogen) atoms. The molecule has 0 amide bonds. The molecule has 1 aliphatic carbocycles. The Kier molecular flexibility index (Phi) is 4.82. The van der Waals surface area contributed by atoms with Gasteiger partial charge >= 0.3 is 5.97 Å². The van der Waals surface area contributed by atoms with Gasteiger partial charge in [-0.15, -0.1) is 0 Å². The zero-order valence-electron chi connectivity index (χ0n) is 9.53. The molecule has 4 N–H and O–H groups in total. The number of nitrogens with two attached hydrogens (primary N) is 1. The van der Waals surface area contributed by atoms with Crippen LogP contribution in [0.15, 0.2) is 11.9 Å². The maximum absolute atomic E-state index is 11.3. The van der Waals surface area contributed by atoms with Gasteiger partial charge in [-0.05, 0) is 25.7 Å². The van der Waals surface area contributed by atoms with Crippen molar-refractivity contribution < 1.29 is 9.53 Å². The fourth-order valence-electron chi connectivity index (χ4n) is 1.92. The van der Waals surface area contributed by atoms with Gasteiger partial charge in [-0.3, -0.25) is 4.79 Å². The summed E-state index contributed by atoms with van der Waals surface area (Å²) in [6.45, 7) is 0. The van der Waals surface area contributed by atoms with Gasteiger partial charge in [0.1, 0.15) is 0 Å². The number of carbonyl (C=O) groups is 1. The van der Waals surface area contributed by atoms with Crippen LogP contribution < -0.4 is 11.1 Å². The summed E-state index contributed by atoms with van der Waals surface area (Å²) in [5, 5.41) is 10.1.